The minimum Gasteiger partial charge on any atom is -0.369 e. The van der Waals surface area contributed by atoms with Crippen molar-refractivity contribution in [2.24, 2.45) is 0 Å². The highest BCUT2D eigenvalue weighted by molar-refractivity contribution is 6.30. The van der Waals surface area contributed by atoms with E-state index in [1.165, 1.54) is 25.4 Å². The molecule has 0 aliphatic carbocycles. The van der Waals surface area contributed by atoms with Gasteiger partial charge in [-0.15, -0.1) is 12.4 Å². The smallest absolute Gasteiger partial charge is 0.278 e. The van der Waals surface area contributed by atoms with Crippen molar-refractivity contribution < 1.29 is 18.8 Å². The van der Waals surface area contributed by atoms with Crippen molar-refractivity contribution in [3.8, 4) is 0 Å². The van der Waals surface area contributed by atoms with Crippen LogP contribution in [0.3, 0.4) is 0 Å². The summed E-state index contributed by atoms with van der Waals surface area (Å²) in [6, 6.07) is 7.84. The Kier molecular flexibility index (Phi) is 7.94. The first-order valence-corrected chi connectivity index (χ1v) is 8.56. The average molecular weight is 416 g/mol. The predicted octanol–water partition coefficient (Wildman–Crippen LogP) is 3.03. The maximum absolute atomic E-state index is 13.9. The van der Waals surface area contributed by atoms with Crippen LogP contribution in [0.2, 0.25) is 5.02 Å². The Morgan fingerprint density at radius 1 is 1.44 bits per heavy atom. The van der Waals surface area contributed by atoms with E-state index in [1.54, 1.807) is 24.4 Å². The normalized spacial score (nSPS) is 19.7. The molecule has 1 fully saturated rings. The Balaban J connectivity index is 0.00000261. The maximum atomic E-state index is 13.9. The molecule has 0 spiro atoms. The maximum Gasteiger partial charge on any atom is 0.278 e. The number of rotatable bonds is 4. The fraction of sp³-hybridized carbons (Fsp3) is 0.333. The van der Waals surface area contributed by atoms with Gasteiger partial charge in [-0.25, -0.2) is 9.45 Å². The van der Waals surface area contributed by atoms with E-state index >= 15 is 0 Å². The summed E-state index contributed by atoms with van der Waals surface area (Å²) in [4.78, 5) is 22.2. The first-order valence-electron chi connectivity index (χ1n) is 8.18. The van der Waals surface area contributed by atoms with Crippen molar-refractivity contribution in [2.45, 2.75) is 12.2 Å². The second-order valence-electron chi connectivity index (χ2n) is 5.86. The van der Waals surface area contributed by atoms with Crippen LogP contribution in [-0.2, 0) is 9.57 Å². The van der Waals surface area contributed by atoms with Crippen molar-refractivity contribution in [3.63, 3.8) is 0 Å². The molecule has 1 aliphatic heterocycles. The third-order valence-electron chi connectivity index (χ3n) is 4.02. The lowest BCUT2D eigenvalue weighted by Gasteiger charge is -2.29. The van der Waals surface area contributed by atoms with E-state index in [0.29, 0.717) is 30.8 Å². The van der Waals surface area contributed by atoms with Gasteiger partial charge in [-0.1, -0.05) is 17.7 Å². The molecule has 9 heteroatoms. The fourth-order valence-corrected chi connectivity index (χ4v) is 2.85. The van der Waals surface area contributed by atoms with Crippen molar-refractivity contribution in [1.82, 2.24) is 15.4 Å². The number of hydroxylamine groups is 2. The number of aromatic nitrogens is 1. The largest absolute Gasteiger partial charge is 0.369 e. The molecule has 1 amide bonds. The summed E-state index contributed by atoms with van der Waals surface area (Å²) in [5, 5.41) is 4.38. The van der Waals surface area contributed by atoms with Crippen LogP contribution in [0.5, 0.6) is 0 Å². The second-order valence-corrected chi connectivity index (χ2v) is 6.26. The molecule has 1 aromatic heterocycles. The number of hydrogen-bond donors (Lipinski definition) is 1. The minimum atomic E-state index is -0.541. The molecule has 1 aliphatic rings. The lowest BCUT2D eigenvalue weighted by atomic mass is 10.0. The summed E-state index contributed by atoms with van der Waals surface area (Å²) in [7, 11) is 1.53. The molecular weight excluding hydrogens is 396 g/mol. The van der Waals surface area contributed by atoms with E-state index in [4.69, 9.17) is 21.2 Å². The summed E-state index contributed by atoms with van der Waals surface area (Å²) in [6.07, 6.45) is 1.99. The molecule has 0 saturated carbocycles. The van der Waals surface area contributed by atoms with Crippen LogP contribution in [-0.4, -0.2) is 48.8 Å². The molecule has 146 valence electrons. The van der Waals surface area contributed by atoms with Gasteiger partial charge in [-0.2, -0.15) is 0 Å². The number of nitrogens with zero attached hydrogens (tertiary/aromatic N) is 2. The molecule has 1 N–H and O–H groups in total. The number of ether oxygens (including phenoxy) is 1. The van der Waals surface area contributed by atoms with E-state index in [0.717, 1.165) is 5.06 Å². The number of nitrogens with one attached hydrogen (secondary N) is 1. The SMILES string of the molecule is CN(OC1CNCCOC1c1ccc(Cl)c(F)c1)C(=O)c1cccnc1.Cl. The Bertz CT molecular complexity index is 767. The van der Waals surface area contributed by atoms with Crippen molar-refractivity contribution in [2.75, 3.05) is 26.7 Å². The van der Waals surface area contributed by atoms with Gasteiger partial charge in [-0.3, -0.25) is 14.6 Å². The first-order chi connectivity index (χ1) is 12.6. The van der Waals surface area contributed by atoms with Crippen LogP contribution in [0.15, 0.2) is 42.7 Å². The van der Waals surface area contributed by atoms with Crippen molar-refractivity contribution in [3.05, 3.63) is 64.7 Å². The quantitative estimate of drug-likeness (QED) is 0.777. The number of carbonyl (C=O) groups excluding carboxylic acids is 1. The Morgan fingerprint density at radius 3 is 2.96 bits per heavy atom. The van der Waals surface area contributed by atoms with Gasteiger partial charge in [0.05, 0.1) is 17.2 Å². The molecule has 0 radical (unpaired) electrons. The van der Waals surface area contributed by atoms with Crippen LogP contribution in [0, 0.1) is 5.82 Å². The van der Waals surface area contributed by atoms with E-state index < -0.39 is 18.0 Å². The molecule has 2 aromatic rings. The molecule has 0 bridgehead atoms. The number of benzene rings is 1. The molecular formula is C18H20Cl2FN3O3. The molecule has 27 heavy (non-hydrogen) atoms. The summed E-state index contributed by atoms with van der Waals surface area (Å²) >= 11 is 5.76. The zero-order valence-electron chi connectivity index (χ0n) is 14.6. The predicted molar refractivity (Wildman–Crippen MR) is 101 cm³/mol. The third-order valence-corrected chi connectivity index (χ3v) is 4.33. The Hall–Kier alpha value is -1.77. The Labute approximate surface area is 168 Å². The van der Waals surface area contributed by atoms with Crippen LogP contribution in [0.4, 0.5) is 4.39 Å². The fourth-order valence-electron chi connectivity index (χ4n) is 2.73. The summed E-state index contributed by atoms with van der Waals surface area (Å²) in [6.45, 7) is 1.52. The molecule has 1 aromatic carbocycles. The van der Waals surface area contributed by atoms with E-state index in [9.17, 15) is 9.18 Å². The highest BCUT2D eigenvalue weighted by atomic mass is 35.5. The van der Waals surface area contributed by atoms with Crippen LogP contribution >= 0.6 is 24.0 Å². The average Bonchev–Trinajstić information content (AvgIpc) is 2.89. The zero-order valence-corrected chi connectivity index (χ0v) is 16.2. The highest BCUT2D eigenvalue weighted by Gasteiger charge is 2.30. The van der Waals surface area contributed by atoms with Gasteiger partial charge in [0.15, 0.2) is 0 Å². The van der Waals surface area contributed by atoms with Crippen LogP contribution in [0.25, 0.3) is 0 Å². The van der Waals surface area contributed by atoms with Gasteiger partial charge in [0.25, 0.3) is 5.91 Å². The van der Waals surface area contributed by atoms with Gasteiger partial charge in [-0.05, 0) is 29.8 Å². The molecule has 1 saturated heterocycles. The lowest BCUT2D eigenvalue weighted by Crippen LogP contribution is -2.39. The lowest BCUT2D eigenvalue weighted by molar-refractivity contribution is -0.183. The number of carbonyl (C=O) groups is 1. The van der Waals surface area contributed by atoms with E-state index in [1.807, 2.05) is 0 Å². The number of halogens is 3. The number of amides is 1. The van der Waals surface area contributed by atoms with Gasteiger partial charge in [0.2, 0.25) is 0 Å². The summed E-state index contributed by atoms with van der Waals surface area (Å²) in [5.41, 5.74) is 1.01. The van der Waals surface area contributed by atoms with Crippen LogP contribution in [0.1, 0.15) is 22.0 Å². The zero-order chi connectivity index (χ0) is 18.5. The first kappa shape index (κ1) is 21.5. The van der Waals surface area contributed by atoms with E-state index in [2.05, 4.69) is 10.3 Å². The highest BCUT2D eigenvalue weighted by Crippen LogP contribution is 2.28. The molecule has 6 nitrogen and oxygen atoms in total. The van der Waals surface area contributed by atoms with Gasteiger partial charge in [0.1, 0.15) is 18.0 Å². The molecule has 2 atom stereocenters. The molecule has 3 rings (SSSR count). The minimum absolute atomic E-state index is 0. The van der Waals surface area contributed by atoms with Gasteiger partial charge < -0.3 is 10.1 Å². The second kappa shape index (κ2) is 9.96. The molecule has 2 unspecified atom stereocenters. The topological polar surface area (TPSA) is 63.7 Å². The monoisotopic (exact) mass is 415 g/mol. The third kappa shape index (κ3) is 5.37. The van der Waals surface area contributed by atoms with Crippen molar-refractivity contribution >= 4 is 29.9 Å². The number of pyridine rings is 1. The number of hydrogen-bond acceptors (Lipinski definition) is 5. The standard InChI is InChI=1S/C18H19ClFN3O3.ClH/c1-23(18(24)13-3-2-6-21-10-13)26-16-11-22-7-8-25-17(16)12-4-5-14(19)15(20)9-12;/h2-6,9-10,16-17,22H,7-8,11H2,1H3;1H. The van der Waals surface area contributed by atoms with Crippen LogP contribution < -0.4 is 5.32 Å². The summed E-state index contributed by atoms with van der Waals surface area (Å²) in [5.74, 6) is -0.855. The van der Waals surface area contributed by atoms with Gasteiger partial charge in [0, 0.05) is 32.5 Å². The molecule has 2 heterocycles. The van der Waals surface area contributed by atoms with E-state index in [-0.39, 0.29) is 23.3 Å². The van der Waals surface area contributed by atoms with Crippen molar-refractivity contribution in [1.29, 1.82) is 0 Å². The van der Waals surface area contributed by atoms with Gasteiger partial charge >= 0.3 is 0 Å². The Morgan fingerprint density at radius 2 is 2.26 bits per heavy atom. The summed E-state index contributed by atoms with van der Waals surface area (Å²) < 4.78 is 19.7.